The molecule has 1 saturated carbocycles. The zero-order chi connectivity index (χ0) is 14.3. The Bertz CT molecular complexity index is 685. The van der Waals surface area contributed by atoms with Gasteiger partial charge in [-0.25, -0.2) is 9.89 Å². The summed E-state index contributed by atoms with van der Waals surface area (Å²) in [7, 11) is 1.94. The molecule has 6 nitrogen and oxygen atoms in total. The molecular weight excluding hydrogens is 342 g/mol. The number of rotatable bonds is 5. The molecule has 20 heavy (non-hydrogen) atoms. The first-order valence-corrected chi connectivity index (χ1v) is 8.39. The van der Waals surface area contributed by atoms with Crippen LogP contribution in [0.25, 0.3) is 0 Å². The normalized spacial score (nSPS) is 14.9. The Balaban J connectivity index is 1.80. The maximum atomic E-state index is 11.7. The molecule has 0 bridgehead atoms. The fourth-order valence-corrected chi connectivity index (χ4v) is 4.18. The highest BCUT2D eigenvalue weighted by Gasteiger charge is 2.28. The van der Waals surface area contributed by atoms with Crippen LogP contribution in [0, 0.1) is 0 Å². The summed E-state index contributed by atoms with van der Waals surface area (Å²) in [6.45, 7) is 2.09. The van der Waals surface area contributed by atoms with Crippen molar-refractivity contribution in [2.24, 2.45) is 7.05 Å². The number of aryl methyl sites for hydroxylation is 2. The largest absolute Gasteiger partial charge is 0.344 e. The average Bonchev–Trinajstić information content (AvgIpc) is 3.14. The maximum Gasteiger partial charge on any atom is 0.344 e. The van der Waals surface area contributed by atoms with E-state index in [4.69, 9.17) is 0 Å². The molecule has 2 aromatic rings. The molecule has 1 aliphatic rings. The first kappa shape index (κ1) is 13.9. The Morgan fingerprint density at radius 1 is 1.50 bits per heavy atom. The van der Waals surface area contributed by atoms with Crippen molar-refractivity contribution in [3.05, 3.63) is 26.3 Å². The predicted octanol–water partition coefficient (Wildman–Crippen LogP) is 2.26. The number of thioether (sulfide) groups is 1. The van der Waals surface area contributed by atoms with E-state index in [-0.39, 0.29) is 5.69 Å². The van der Waals surface area contributed by atoms with Crippen LogP contribution in [0.4, 0.5) is 0 Å². The van der Waals surface area contributed by atoms with Gasteiger partial charge < -0.3 is 0 Å². The second kappa shape index (κ2) is 5.40. The van der Waals surface area contributed by atoms with Crippen LogP contribution in [0.15, 0.2) is 14.4 Å². The zero-order valence-corrected chi connectivity index (χ0v) is 13.8. The molecule has 8 heteroatoms. The van der Waals surface area contributed by atoms with E-state index in [1.165, 1.54) is 0 Å². The quantitative estimate of drug-likeness (QED) is 0.833. The number of hydrogen-bond acceptors (Lipinski definition) is 4. The van der Waals surface area contributed by atoms with Crippen molar-refractivity contribution in [3.8, 4) is 0 Å². The fraction of sp³-hybridized carbons (Fsp3) is 0.583. The highest BCUT2D eigenvalue weighted by molar-refractivity contribution is 9.10. The van der Waals surface area contributed by atoms with Crippen LogP contribution in [-0.4, -0.2) is 24.5 Å². The third-order valence-corrected chi connectivity index (χ3v) is 5.30. The average molecular weight is 358 g/mol. The van der Waals surface area contributed by atoms with Gasteiger partial charge in [0.05, 0.1) is 15.9 Å². The number of nitrogens with one attached hydrogen (secondary N) is 1. The van der Waals surface area contributed by atoms with E-state index in [9.17, 15) is 4.79 Å². The first-order valence-electron chi connectivity index (χ1n) is 6.61. The number of nitrogens with zero attached hydrogens (tertiary/aromatic N) is 4. The fourth-order valence-electron chi connectivity index (χ4n) is 2.16. The Morgan fingerprint density at radius 3 is 2.85 bits per heavy atom. The molecule has 0 atom stereocenters. The summed E-state index contributed by atoms with van der Waals surface area (Å²) in [6.07, 6.45) is 3.04. The highest BCUT2D eigenvalue weighted by atomic mass is 79.9. The summed E-state index contributed by atoms with van der Waals surface area (Å²) in [5, 5.41) is 11.9. The molecule has 0 radical (unpaired) electrons. The Kier molecular flexibility index (Phi) is 3.76. The molecule has 3 rings (SSSR count). The van der Waals surface area contributed by atoms with E-state index >= 15 is 0 Å². The number of aromatic nitrogens is 5. The van der Waals surface area contributed by atoms with Gasteiger partial charge in [0.2, 0.25) is 0 Å². The van der Waals surface area contributed by atoms with Crippen molar-refractivity contribution in [2.75, 3.05) is 0 Å². The minimum atomic E-state index is -0.103. The summed E-state index contributed by atoms with van der Waals surface area (Å²) in [5.74, 6) is 0.737. The monoisotopic (exact) mass is 357 g/mol. The Hall–Kier alpha value is -1.02. The lowest BCUT2D eigenvalue weighted by Gasteiger charge is -2.04. The van der Waals surface area contributed by atoms with E-state index in [1.807, 2.05) is 11.7 Å². The number of halogens is 1. The SMILES string of the molecule is CCc1nn(C)c(CSc2n[nH]c(=O)n2C2CC2)c1Br. The van der Waals surface area contributed by atoms with Crippen LogP contribution < -0.4 is 5.69 Å². The second-order valence-corrected chi connectivity index (χ2v) is 6.62. The van der Waals surface area contributed by atoms with Crippen LogP contribution >= 0.6 is 27.7 Å². The van der Waals surface area contributed by atoms with Crippen LogP contribution in [0.3, 0.4) is 0 Å². The minimum Gasteiger partial charge on any atom is -0.270 e. The second-order valence-electron chi connectivity index (χ2n) is 4.89. The summed E-state index contributed by atoms with van der Waals surface area (Å²) in [6, 6.07) is 0.338. The molecule has 0 amide bonds. The third-order valence-electron chi connectivity index (χ3n) is 3.43. The third kappa shape index (κ3) is 2.46. The molecule has 108 valence electrons. The van der Waals surface area contributed by atoms with Crippen LogP contribution in [0.1, 0.15) is 37.2 Å². The zero-order valence-electron chi connectivity index (χ0n) is 11.4. The molecule has 0 spiro atoms. The smallest absolute Gasteiger partial charge is 0.270 e. The summed E-state index contributed by atoms with van der Waals surface area (Å²) in [5.41, 5.74) is 2.07. The summed E-state index contributed by atoms with van der Waals surface area (Å²) >= 11 is 5.18. The highest BCUT2D eigenvalue weighted by Crippen LogP contribution is 2.37. The number of aromatic amines is 1. The maximum absolute atomic E-state index is 11.7. The van der Waals surface area contributed by atoms with Crippen LogP contribution in [0.2, 0.25) is 0 Å². The van der Waals surface area contributed by atoms with E-state index in [2.05, 4.69) is 38.1 Å². The molecule has 1 fully saturated rings. The van der Waals surface area contributed by atoms with Gasteiger partial charge in [0, 0.05) is 18.8 Å². The lowest BCUT2D eigenvalue weighted by Crippen LogP contribution is -2.16. The van der Waals surface area contributed by atoms with Crippen LogP contribution in [-0.2, 0) is 19.2 Å². The predicted molar refractivity (Wildman–Crippen MR) is 81.0 cm³/mol. The van der Waals surface area contributed by atoms with E-state index in [1.54, 1.807) is 16.3 Å². The van der Waals surface area contributed by atoms with Gasteiger partial charge in [-0.15, -0.1) is 5.10 Å². The summed E-state index contributed by atoms with van der Waals surface area (Å²) < 4.78 is 4.73. The van der Waals surface area contributed by atoms with Crippen molar-refractivity contribution in [1.82, 2.24) is 24.5 Å². The standard InChI is InChI=1S/C12H16BrN5OS/c1-3-8-10(13)9(17(2)16-8)6-20-12-15-14-11(19)18(12)7-4-5-7/h7H,3-6H2,1-2H3,(H,14,19). The molecule has 1 N–H and O–H groups in total. The van der Waals surface area contributed by atoms with Gasteiger partial charge in [0.15, 0.2) is 5.16 Å². The minimum absolute atomic E-state index is 0.103. The first-order chi connectivity index (χ1) is 9.61. The van der Waals surface area contributed by atoms with Gasteiger partial charge in [-0.1, -0.05) is 18.7 Å². The van der Waals surface area contributed by atoms with E-state index < -0.39 is 0 Å². The summed E-state index contributed by atoms with van der Waals surface area (Å²) in [4.78, 5) is 11.7. The van der Waals surface area contributed by atoms with E-state index in [0.717, 1.165) is 46.0 Å². The Labute approximate surface area is 129 Å². The molecule has 0 saturated heterocycles. The van der Waals surface area contributed by atoms with Crippen molar-refractivity contribution in [1.29, 1.82) is 0 Å². The number of H-pyrrole nitrogens is 1. The van der Waals surface area contributed by atoms with Crippen LogP contribution in [0.5, 0.6) is 0 Å². The van der Waals surface area contributed by atoms with Gasteiger partial charge >= 0.3 is 5.69 Å². The topological polar surface area (TPSA) is 68.5 Å². The lowest BCUT2D eigenvalue weighted by molar-refractivity contribution is 0.642. The van der Waals surface area contributed by atoms with Crippen molar-refractivity contribution >= 4 is 27.7 Å². The van der Waals surface area contributed by atoms with Crippen molar-refractivity contribution < 1.29 is 0 Å². The lowest BCUT2D eigenvalue weighted by atomic mass is 10.3. The molecule has 2 heterocycles. The molecule has 2 aromatic heterocycles. The molecule has 0 unspecified atom stereocenters. The molecule has 0 aromatic carbocycles. The van der Waals surface area contributed by atoms with Gasteiger partial charge in [-0.3, -0.25) is 9.25 Å². The Morgan fingerprint density at radius 2 is 2.25 bits per heavy atom. The van der Waals surface area contributed by atoms with E-state index in [0.29, 0.717) is 6.04 Å². The van der Waals surface area contributed by atoms with Gasteiger partial charge in [0.25, 0.3) is 0 Å². The van der Waals surface area contributed by atoms with Gasteiger partial charge in [-0.05, 0) is 35.2 Å². The van der Waals surface area contributed by atoms with Gasteiger partial charge in [0.1, 0.15) is 0 Å². The molecule has 1 aliphatic carbocycles. The van der Waals surface area contributed by atoms with Gasteiger partial charge in [-0.2, -0.15) is 5.10 Å². The molecule has 0 aliphatic heterocycles. The van der Waals surface area contributed by atoms with Crippen molar-refractivity contribution in [2.45, 2.75) is 43.1 Å². The molecular formula is C12H16BrN5OS. The number of hydrogen-bond donors (Lipinski definition) is 1. The van der Waals surface area contributed by atoms with Crippen molar-refractivity contribution in [3.63, 3.8) is 0 Å².